The highest BCUT2D eigenvalue weighted by Gasteiger charge is 2.43. The normalized spacial score (nSPS) is 18.8. The second-order valence-electron chi connectivity index (χ2n) is 9.70. The Hall–Kier alpha value is -3.33. The van der Waals surface area contributed by atoms with E-state index in [-0.39, 0.29) is 11.9 Å². The van der Waals surface area contributed by atoms with Gasteiger partial charge in [0.05, 0.1) is 11.7 Å². The average Bonchev–Trinajstić information content (AvgIpc) is 3.31. The maximum absolute atomic E-state index is 13.8. The number of hydrogen-bond donors (Lipinski definition) is 0. The highest BCUT2D eigenvalue weighted by molar-refractivity contribution is 6.02. The van der Waals surface area contributed by atoms with E-state index in [1.807, 2.05) is 12.1 Å². The lowest BCUT2D eigenvalue weighted by atomic mass is 9.89. The van der Waals surface area contributed by atoms with Gasteiger partial charge in [0, 0.05) is 35.1 Å². The van der Waals surface area contributed by atoms with E-state index in [1.165, 1.54) is 52.5 Å². The lowest BCUT2D eigenvalue weighted by Gasteiger charge is -2.36. The van der Waals surface area contributed by atoms with Gasteiger partial charge < -0.3 is 9.47 Å². The van der Waals surface area contributed by atoms with Crippen molar-refractivity contribution in [1.82, 2.24) is 9.47 Å². The molecular formula is C30H30N2O. The molecule has 1 amide bonds. The van der Waals surface area contributed by atoms with Crippen LogP contribution in [0.3, 0.4) is 0 Å². The molecule has 4 aromatic rings. The van der Waals surface area contributed by atoms with E-state index in [4.69, 9.17) is 0 Å². The molecule has 1 atom stereocenters. The van der Waals surface area contributed by atoms with Crippen LogP contribution in [0, 0.1) is 6.92 Å². The minimum Gasteiger partial charge on any atom is -0.343 e. The highest BCUT2D eigenvalue weighted by Crippen LogP contribution is 2.48. The van der Waals surface area contributed by atoms with Crippen LogP contribution in [-0.4, -0.2) is 21.4 Å². The maximum Gasteiger partial charge on any atom is 0.255 e. The number of aromatic nitrogens is 1. The monoisotopic (exact) mass is 434 g/mol. The molecule has 3 aromatic carbocycles. The van der Waals surface area contributed by atoms with E-state index in [0.717, 1.165) is 24.0 Å². The number of hydrogen-bond acceptors (Lipinski definition) is 1. The van der Waals surface area contributed by atoms with Crippen molar-refractivity contribution in [2.45, 2.75) is 51.1 Å². The van der Waals surface area contributed by atoms with Gasteiger partial charge in [-0.2, -0.15) is 0 Å². The number of para-hydroxylation sites is 1. The maximum atomic E-state index is 13.8. The first-order valence-corrected chi connectivity index (χ1v) is 12.2. The Morgan fingerprint density at radius 1 is 0.818 bits per heavy atom. The molecule has 0 saturated heterocycles. The van der Waals surface area contributed by atoms with Crippen molar-refractivity contribution in [2.24, 2.45) is 7.05 Å². The zero-order valence-corrected chi connectivity index (χ0v) is 19.4. The van der Waals surface area contributed by atoms with Crippen molar-refractivity contribution >= 4 is 16.8 Å². The van der Waals surface area contributed by atoms with Gasteiger partial charge in [0.15, 0.2) is 0 Å². The standard InChI is InChI=1S/C30H30N2O/c1-20-16-18-21(19-17-20)28-27(25-14-8-9-15-26(25)31(28)2)29-23-12-6-7-13-24(23)30(33)32(29)22-10-4-3-5-11-22/h6-9,12-19,22,29H,3-5,10-11H2,1-2H3/t29-/m1/s1. The van der Waals surface area contributed by atoms with Crippen LogP contribution in [0.25, 0.3) is 22.2 Å². The number of benzene rings is 3. The van der Waals surface area contributed by atoms with Gasteiger partial charge in [-0.25, -0.2) is 0 Å². The zero-order valence-electron chi connectivity index (χ0n) is 19.4. The Morgan fingerprint density at radius 3 is 2.30 bits per heavy atom. The number of rotatable bonds is 3. The van der Waals surface area contributed by atoms with Gasteiger partial charge in [-0.15, -0.1) is 0 Å². The van der Waals surface area contributed by atoms with Crippen LogP contribution >= 0.6 is 0 Å². The summed E-state index contributed by atoms with van der Waals surface area (Å²) in [4.78, 5) is 16.1. The van der Waals surface area contributed by atoms with Gasteiger partial charge in [0.2, 0.25) is 0 Å². The molecule has 33 heavy (non-hydrogen) atoms. The summed E-state index contributed by atoms with van der Waals surface area (Å²) in [5.41, 5.74) is 8.17. The third-order valence-corrected chi connectivity index (χ3v) is 7.71. The third-order valence-electron chi connectivity index (χ3n) is 7.71. The molecule has 2 aliphatic rings. The van der Waals surface area contributed by atoms with E-state index < -0.39 is 0 Å². The number of carbonyl (C=O) groups excluding carboxylic acids is 1. The molecule has 1 aliphatic heterocycles. The molecule has 0 spiro atoms. The summed E-state index contributed by atoms with van der Waals surface area (Å²) < 4.78 is 2.32. The lowest BCUT2D eigenvalue weighted by molar-refractivity contribution is 0.0613. The van der Waals surface area contributed by atoms with E-state index in [9.17, 15) is 4.79 Å². The van der Waals surface area contributed by atoms with E-state index in [1.54, 1.807) is 0 Å². The van der Waals surface area contributed by atoms with Crippen LogP contribution in [0.15, 0.2) is 72.8 Å². The predicted octanol–water partition coefficient (Wildman–Crippen LogP) is 7.03. The summed E-state index contributed by atoms with van der Waals surface area (Å²) in [6, 6.07) is 26.0. The van der Waals surface area contributed by atoms with Crippen molar-refractivity contribution in [3.8, 4) is 11.3 Å². The number of aryl methyl sites for hydroxylation is 2. The molecule has 1 aromatic heterocycles. The molecule has 0 radical (unpaired) electrons. The lowest BCUT2D eigenvalue weighted by Crippen LogP contribution is -2.40. The molecule has 166 valence electrons. The molecule has 6 rings (SSSR count). The second kappa shape index (κ2) is 7.91. The van der Waals surface area contributed by atoms with Gasteiger partial charge in [-0.3, -0.25) is 4.79 Å². The summed E-state index contributed by atoms with van der Waals surface area (Å²) in [6.45, 7) is 2.13. The van der Waals surface area contributed by atoms with Crippen LogP contribution in [0.1, 0.15) is 65.2 Å². The highest BCUT2D eigenvalue weighted by atomic mass is 16.2. The van der Waals surface area contributed by atoms with E-state index in [2.05, 4.69) is 84.1 Å². The molecule has 2 heterocycles. The number of carbonyl (C=O) groups is 1. The van der Waals surface area contributed by atoms with Gasteiger partial charge in [-0.1, -0.05) is 85.5 Å². The predicted molar refractivity (Wildman–Crippen MR) is 134 cm³/mol. The Kier molecular flexibility index (Phi) is 4.86. The van der Waals surface area contributed by atoms with Crippen LogP contribution in [0.4, 0.5) is 0 Å². The molecule has 0 bridgehead atoms. The fourth-order valence-corrected chi connectivity index (χ4v) is 6.13. The van der Waals surface area contributed by atoms with Gasteiger partial charge in [-0.05, 0) is 43.0 Å². The summed E-state index contributed by atoms with van der Waals surface area (Å²) in [5, 5.41) is 1.24. The largest absolute Gasteiger partial charge is 0.343 e. The molecule has 1 aliphatic carbocycles. The zero-order chi connectivity index (χ0) is 22.5. The summed E-state index contributed by atoms with van der Waals surface area (Å²) in [7, 11) is 2.16. The number of nitrogens with zero attached hydrogens (tertiary/aromatic N) is 2. The van der Waals surface area contributed by atoms with Crippen molar-refractivity contribution in [2.75, 3.05) is 0 Å². The van der Waals surface area contributed by atoms with Crippen LogP contribution in [-0.2, 0) is 7.05 Å². The minimum atomic E-state index is -0.0563. The Balaban J connectivity index is 1.65. The molecule has 0 unspecified atom stereocenters. The minimum absolute atomic E-state index is 0.0563. The van der Waals surface area contributed by atoms with Crippen molar-refractivity contribution in [3.63, 3.8) is 0 Å². The molecule has 3 heteroatoms. The summed E-state index contributed by atoms with van der Waals surface area (Å²) in [5.74, 6) is 0.199. The van der Waals surface area contributed by atoms with Gasteiger partial charge in [0.1, 0.15) is 0 Å². The molecule has 1 fully saturated rings. The third kappa shape index (κ3) is 3.13. The first-order chi connectivity index (χ1) is 16.1. The molecule has 3 nitrogen and oxygen atoms in total. The van der Waals surface area contributed by atoms with E-state index in [0.29, 0.717) is 6.04 Å². The van der Waals surface area contributed by atoms with Crippen molar-refractivity contribution in [1.29, 1.82) is 0 Å². The molecule has 1 saturated carbocycles. The fourth-order valence-electron chi connectivity index (χ4n) is 6.13. The van der Waals surface area contributed by atoms with Crippen molar-refractivity contribution < 1.29 is 4.79 Å². The molecule has 0 N–H and O–H groups in total. The fraction of sp³-hybridized carbons (Fsp3) is 0.300. The first kappa shape index (κ1) is 20.3. The summed E-state index contributed by atoms with van der Waals surface area (Å²) in [6.07, 6.45) is 5.89. The molecular weight excluding hydrogens is 404 g/mol. The Bertz CT molecular complexity index is 1340. The van der Waals surface area contributed by atoms with Gasteiger partial charge in [0.25, 0.3) is 5.91 Å². The Morgan fingerprint density at radius 2 is 1.52 bits per heavy atom. The van der Waals surface area contributed by atoms with Crippen molar-refractivity contribution in [3.05, 3.63) is 95.1 Å². The van der Waals surface area contributed by atoms with E-state index >= 15 is 0 Å². The SMILES string of the molecule is Cc1ccc(-c2c([C@H]3c4ccccc4C(=O)N3C3CCCCC3)c3ccccc3n2C)cc1. The van der Waals surface area contributed by atoms with Crippen LogP contribution in [0.2, 0.25) is 0 Å². The van der Waals surface area contributed by atoms with Crippen LogP contribution < -0.4 is 0 Å². The smallest absolute Gasteiger partial charge is 0.255 e. The number of fused-ring (bicyclic) bond motifs is 2. The Labute approximate surface area is 195 Å². The van der Waals surface area contributed by atoms with Crippen LogP contribution in [0.5, 0.6) is 0 Å². The number of amides is 1. The summed E-state index contributed by atoms with van der Waals surface area (Å²) >= 11 is 0. The first-order valence-electron chi connectivity index (χ1n) is 12.2. The quantitative estimate of drug-likeness (QED) is 0.340. The second-order valence-corrected chi connectivity index (χ2v) is 9.70. The topological polar surface area (TPSA) is 25.2 Å². The van der Waals surface area contributed by atoms with Gasteiger partial charge >= 0.3 is 0 Å². The average molecular weight is 435 g/mol.